The van der Waals surface area contributed by atoms with Gasteiger partial charge < -0.3 is 0 Å². The van der Waals surface area contributed by atoms with Crippen molar-refractivity contribution in [3.05, 3.63) is 54.1 Å². The molecule has 0 aliphatic heterocycles. The first-order valence-corrected chi connectivity index (χ1v) is 6.34. The van der Waals surface area contributed by atoms with Crippen molar-refractivity contribution < 1.29 is 4.79 Å². The van der Waals surface area contributed by atoms with Gasteiger partial charge in [0.05, 0.1) is 0 Å². The monoisotopic (exact) mass is 222 g/mol. The van der Waals surface area contributed by atoms with E-state index in [-0.39, 0.29) is 5.92 Å². The Morgan fingerprint density at radius 2 is 1.76 bits per heavy atom. The molecule has 0 amide bonds. The lowest BCUT2D eigenvalue weighted by Gasteiger charge is -2.17. The highest BCUT2D eigenvalue weighted by Gasteiger charge is 2.51. The molecule has 3 aliphatic rings. The van der Waals surface area contributed by atoms with Gasteiger partial charge in [-0.1, -0.05) is 48.6 Å². The molecule has 2 bridgehead atoms. The summed E-state index contributed by atoms with van der Waals surface area (Å²) in [5, 5.41) is 0. The van der Waals surface area contributed by atoms with E-state index in [1.54, 1.807) is 0 Å². The van der Waals surface area contributed by atoms with E-state index in [4.69, 9.17) is 0 Å². The van der Waals surface area contributed by atoms with E-state index in [0.29, 0.717) is 23.5 Å². The molecular weight excluding hydrogens is 208 g/mol. The topological polar surface area (TPSA) is 17.1 Å². The highest BCUT2D eigenvalue weighted by molar-refractivity contribution is 6.24. The third-order valence-corrected chi connectivity index (χ3v) is 4.53. The highest BCUT2D eigenvalue weighted by Crippen LogP contribution is 2.54. The molecular formula is C16H14O. The third-order valence-electron chi connectivity index (χ3n) is 4.53. The molecule has 0 saturated heterocycles. The van der Waals surface area contributed by atoms with Gasteiger partial charge in [0.25, 0.3) is 0 Å². The summed E-state index contributed by atoms with van der Waals surface area (Å²) in [6, 6.07) is 10.1. The molecule has 1 nitrogen and oxygen atoms in total. The number of Topliss-reactive ketones (excluding diaryl/α,β-unsaturated/α-hetero) is 1. The summed E-state index contributed by atoms with van der Waals surface area (Å²) in [6.07, 6.45) is 7.99. The minimum Gasteiger partial charge on any atom is -0.294 e. The summed E-state index contributed by atoms with van der Waals surface area (Å²) in [6.45, 7) is 0. The van der Waals surface area contributed by atoms with Gasteiger partial charge in [-0.15, -0.1) is 0 Å². The van der Waals surface area contributed by atoms with Crippen LogP contribution in [-0.2, 0) is 4.79 Å². The van der Waals surface area contributed by atoms with Crippen molar-refractivity contribution >= 4 is 11.4 Å². The Labute approximate surface area is 101 Å². The van der Waals surface area contributed by atoms with Crippen molar-refractivity contribution in [3.8, 4) is 0 Å². The van der Waals surface area contributed by atoms with Crippen LogP contribution in [-0.4, -0.2) is 5.78 Å². The number of hydrogen-bond donors (Lipinski definition) is 0. The maximum Gasteiger partial charge on any atom is 0.167 e. The minimum absolute atomic E-state index is 0.250. The van der Waals surface area contributed by atoms with Crippen LogP contribution in [0.3, 0.4) is 0 Å². The Kier molecular flexibility index (Phi) is 1.77. The van der Waals surface area contributed by atoms with Crippen LogP contribution >= 0.6 is 0 Å². The molecule has 1 aromatic rings. The van der Waals surface area contributed by atoms with Gasteiger partial charge in [0.1, 0.15) is 0 Å². The van der Waals surface area contributed by atoms with E-state index >= 15 is 0 Å². The molecule has 1 aromatic carbocycles. The van der Waals surface area contributed by atoms with Crippen molar-refractivity contribution in [3.63, 3.8) is 0 Å². The Bertz CT molecular complexity index is 538. The minimum atomic E-state index is 0.250. The van der Waals surface area contributed by atoms with Gasteiger partial charge in [-0.3, -0.25) is 4.79 Å². The fourth-order valence-electron chi connectivity index (χ4n) is 3.77. The lowest BCUT2D eigenvalue weighted by Crippen LogP contribution is -2.20. The number of allylic oxidation sites excluding steroid dienone is 4. The molecule has 17 heavy (non-hydrogen) atoms. The fraction of sp³-hybridized carbons (Fsp3) is 0.312. The van der Waals surface area contributed by atoms with Gasteiger partial charge in [0.2, 0.25) is 0 Å². The van der Waals surface area contributed by atoms with E-state index in [9.17, 15) is 4.79 Å². The summed E-state index contributed by atoms with van der Waals surface area (Å²) in [5.74, 6) is 2.23. The van der Waals surface area contributed by atoms with Crippen molar-refractivity contribution in [1.82, 2.24) is 0 Å². The van der Waals surface area contributed by atoms with E-state index in [1.165, 1.54) is 6.42 Å². The van der Waals surface area contributed by atoms with Crippen molar-refractivity contribution in [2.24, 2.45) is 23.7 Å². The average molecular weight is 222 g/mol. The van der Waals surface area contributed by atoms with Crippen LogP contribution in [0.5, 0.6) is 0 Å². The second-order valence-electron chi connectivity index (χ2n) is 5.36. The Hall–Kier alpha value is -1.63. The van der Waals surface area contributed by atoms with Crippen LogP contribution in [0.15, 0.2) is 48.6 Å². The molecule has 0 unspecified atom stereocenters. The molecule has 0 spiro atoms. The maximum absolute atomic E-state index is 12.5. The standard InChI is InChI=1S/C16H14O/c17-16-14(10-4-2-1-3-5-10)9-13-11-6-7-12(8-11)15(13)16/h1-7,9,11-13,15H,8H2/t11-,12+,13+,15-/m0/s1. The smallest absolute Gasteiger partial charge is 0.167 e. The molecule has 4 rings (SSSR count). The summed E-state index contributed by atoms with van der Waals surface area (Å²) in [5.41, 5.74) is 2.05. The van der Waals surface area contributed by atoms with E-state index in [2.05, 4.69) is 18.2 Å². The number of carbonyl (C=O) groups excluding carboxylic acids is 1. The van der Waals surface area contributed by atoms with Gasteiger partial charge in [-0.2, -0.15) is 0 Å². The van der Waals surface area contributed by atoms with E-state index in [0.717, 1.165) is 11.1 Å². The van der Waals surface area contributed by atoms with Crippen LogP contribution in [0, 0.1) is 23.7 Å². The first-order valence-electron chi connectivity index (χ1n) is 6.34. The molecule has 4 atom stereocenters. The third kappa shape index (κ3) is 1.17. The first kappa shape index (κ1) is 9.41. The summed E-state index contributed by atoms with van der Waals surface area (Å²) in [7, 11) is 0. The SMILES string of the molecule is O=C1C(c2ccccc2)=C[C@H]2[C@@H]1[C@@H]1C=C[C@H]2C1. The van der Waals surface area contributed by atoms with Gasteiger partial charge in [-0.05, 0) is 29.7 Å². The number of benzene rings is 1. The molecule has 0 N–H and O–H groups in total. The van der Waals surface area contributed by atoms with Crippen LogP contribution in [0.25, 0.3) is 5.57 Å². The lowest BCUT2D eigenvalue weighted by atomic mass is 9.84. The van der Waals surface area contributed by atoms with Crippen molar-refractivity contribution in [2.45, 2.75) is 6.42 Å². The van der Waals surface area contributed by atoms with Gasteiger partial charge in [-0.25, -0.2) is 0 Å². The predicted molar refractivity (Wildman–Crippen MR) is 67.1 cm³/mol. The number of ketones is 1. The first-order chi connectivity index (χ1) is 8.34. The zero-order valence-electron chi connectivity index (χ0n) is 9.54. The second kappa shape index (κ2) is 3.19. The van der Waals surface area contributed by atoms with Crippen molar-refractivity contribution in [1.29, 1.82) is 0 Å². The zero-order chi connectivity index (χ0) is 11.4. The van der Waals surface area contributed by atoms with Crippen molar-refractivity contribution in [2.75, 3.05) is 0 Å². The Balaban J connectivity index is 1.77. The van der Waals surface area contributed by atoms with Gasteiger partial charge >= 0.3 is 0 Å². The van der Waals surface area contributed by atoms with E-state index in [1.807, 2.05) is 30.3 Å². The quantitative estimate of drug-likeness (QED) is 0.667. The zero-order valence-corrected chi connectivity index (χ0v) is 9.54. The van der Waals surface area contributed by atoms with Gasteiger partial charge in [0, 0.05) is 11.5 Å². The Morgan fingerprint density at radius 3 is 2.53 bits per heavy atom. The number of carbonyl (C=O) groups is 1. The molecule has 84 valence electrons. The highest BCUT2D eigenvalue weighted by atomic mass is 16.1. The summed E-state index contributed by atoms with van der Waals surface area (Å²) >= 11 is 0. The predicted octanol–water partition coefficient (Wildman–Crippen LogP) is 3.09. The van der Waals surface area contributed by atoms with Gasteiger partial charge in [0.15, 0.2) is 5.78 Å². The molecule has 3 aliphatic carbocycles. The lowest BCUT2D eigenvalue weighted by molar-refractivity contribution is -0.117. The maximum atomic E-state index is 12.5. The Morgan fingerprint density at radius 1 is 1.00 bits per heavy atom. The van der Waals surface area contributed by atoms with E-state index < -0.39 is 0 Å². The fourth-order valence-corrected chi connectivity index (χ4v) is 3.77. The number of fused-ring (bicyclic) bond motifs is 5. The van der Waals surface area contributed by atoms with Crippen LogP contribution in [0.1, 0.15) is 12.0 Å². The number of rotatable bonds is 1. The van der Waals surface area contributed by atoms with Crippen LogP contribution in [0.2, 0.25) is 0 Å². The summed E-state index contributed by atoms with van der Waals surface area (Å²) < 4.78 is 0. The average Bonchev–Trinajstić information content (AvgIpc) is 3.03. The van der Waals surface area contributed by atoms with Crippen LogP contribution in [0.4, 0.5) is 0 Å². The molecule has 1 fully saturated rings. The molecule has 0 radical (unpaired) electrons. The molecule has 1 saturated carbocycles. The second-order valence-corrected chi connectivity index (χ2v) is 5.36. The molecule has 0 heterocycles. The molecule has 1 heteroatoms. The van der Waals surface area contributed by atoms with Crippen LogP contribution < -0.4 is 0 Å². The largest absolute Gasteiger partial charge is 0.294 e. The normalized spacial score (nSPS) is 37.4. The molecule has 0 aromatic heterocycles. The summed E-state index contributed by atoms with van der Waals surface area (Å²) in [4.78, 5) is 12.5. The number of hydrogen-bond acceptors (Lipinski definition) is 1.